The van der Waals surface area contributed by atoms with Gasteiger partial charge >= 0.3 is 11.9 Å². The molecule has 0 saturated heterocycles. The summed E-state index contributed by atoms with van der Waals surface area (Å²) in [5.74, 6) is -6.01. The van der Waals surface area contributed by atoms with Crippen molar-refractivity contribution in [2.45, 2.75) is 26.4 Å². The zero-order chi connectivity index (χ0) is 50.5. The summed E-state index contributed by atoms with van der Waals surface area (Å²) >= 11 is 0. The quantitative estimate of drug-likeness (QED) is 0.0930. The molecule has 0 spiro atoms. The number of aliphatic hydroxyl groups excluding tert-OH is 1. The number of amides is 2. The number of carbonyl (C=O) groups excluding carboxylic acids is 3. The first kappa shape index (κ1) is 48.2. The standard InChI is InChI=1S/C28H21FN2O7.C22H19FN4O6/c1-2-36-28(35)21-25(37-15-17-6-4-3-5-7-17)22-23-24(38-20(27(33)34)14-31(23)26(21)32)18(13-30-22)12-16-8-10-19(29)11-9-16;1-24-20(30)14-10-27-17-16(18(29)15(22(27)32)21(31)25-6-7-28)26-9-12(19(17)33-14)8-11-2-4-13(23)5-3-11/h3-11,13-14H,2,12,15H2,1H3,(H,33,34);2-5,9-10,28-29H,6-8H2,1H3,(H,24,30)(H,25,31). The third kappa shape index (κ3) is 9.74. The molecule has 0 saturated carbocycles. The minimum atomic E-state index is -1.41. The molecule has 2 aliphatic rings. The predicted molar refractivity (Wildman–Crippen MR) is 250 cm³/mol. The first-order valence-corrected chi connectivity index (χ1v) is 21.6. The SMILES string of the molecule is CCOC(=O)c1c(OCc2ccccc2)c2ncc(Cc3ccc(F)cc3)c3c2n(c1=O)C=C(C(=O)O)O3.CNC(=O)C1=Cn2c(=O)c(C(=O)NCCO)c(O)c3ncc(Cc4ccc(F)cc4)c(c32)O1. The molecule has 0 fully saturated rings. The van der Waals surface area contributed by atoms with Crippen LogP contribution in [0.5, 0.6) is 23.0 Å². The average Bonchev–Trinajstić information content (AvgIpc) is 3.37. The predicted octanol–water partition coefficient (Wildman–Crippen LogP) is 4.65. The second-order valence-electron chi connectivity index (χ2n) is 15.6. The zero-order valence-corrected chi connectivity index (χ0v) is 37.5. The van der Waals surface area contributed by atoms with Crippen molar-refractivity contribution in [1.29, 1.82) is 0 Å². The summed E-state index contributed by atoms with van der Waals surface area (Å²) in [6, 6.07) is 20.6. The van der Waals surface area contributed by atoms with Crippen LogP contribution in [0.3, 0.4) is 0 Å². The fraction of sp³-hybridized carbons (Fsp3) is 0.160. The molecule has 0 bridgehead atoms. The summed E-state index contributed by atoms with van der Waals surface area (Å²) in [6.07, 6.45) is 5.38. The van der Waals surface area contributed by atoms with Crippen LogP contribution in [0.15, 0.2) is 112 Å². The van der Waals surface area contributed by atoms with Crippen molar-refractivity contribution < 1.29 is 62.2 Å². The Kier molecular flexibility index (Phi) is 14.0. The van der Waals surface area contributed by atoms with Gasteiger partial charge in [-0.25, -0.2) is 18.4 Å². The van der Waals surface area contributed by atoms with E-state index in [1.807, 2.05) is 30.3 Å². The second kappa shape index (κ2) is 20.5. The maximum absolute atomic E-state index is 13.6. The van der Waals surface area contributed by atoms with E-state index in [4.69, 9.17) is 24.1 Å². The zero-order valence-electron chi connectivity index (χ0n) is 37.5. The maximum atomic E-state index is 13.6. The number of aliphatic carboxylic acids is 1. The molecule has 21 heteroatoms. The van der Waals surface area contributed by atoms with Gasteiger partial charge in [0.2, 0.25) is 11.5 Å². The summed E-state index contributed by atoms with van der Waals surface area (Å²) in [7, 11) is 1.39. The lowest BCUT2D eigenvalue weighted by atomic mass is 10.0. The van der Waals surface area contributed by atoms with E-state index >= 15 is 0 Å². The van der Waals surface area contributed by atoms with Gasteiger partial charge in [0.15, 0.2) is 28.6 Å². The number of carboxylic acid groups (broad SMARTS) is 1. The molecule has 9 rings (SSSR count). The van der Waals surface area contributed by atoms with Crippen molar-refractivity contribution in [3.63, 3.8) is 0 Å². The van der Waals surface area contributed by atoms with Crippen LogP contribution in [0.25, 0.3) is 34.5 Å². The highest BCUT2D eigenvalue weighted by Crippen LogP contribution is 2.40. The normalized spacial score (nSPS) is 12.1. The Balaban J connectivity index is 0.000000192. The Morgan fingerprint density at radius 3 is 1.80 bits per heavy atom. The van der Waals surface area contributed by atoms with E-state index in [2.05, 4.69) is 20.6 Å². The first-order valence-electron chi connectivity index (χ1n) is 21.6. The van der Waals surface area contributed by atoms with Crippen LogP contribution in [0.2, 0.25) is 0 Å². The summed E-state index contributed by atoms with van der Waals surface area (Å²) in [5, 5.41) is 34.0. The average molecular weight is 971 g/mol. The molecule has 3 aromatic carbocycles. The van der Waals surface area contributed by atoms with Crippen LogP contribution in [-0.2, 0) is 33.8 Å². The van der Waals surface area contributed by atoms with E-state index in [1.165, 1.54) is 43.7 Å². The molecule has 0 aliphatic carbocycles. The van der Waals surface area contributed by atoms with Gasteiger partial charge in [0, 0.05) is 50.0 Å². The molecule has 4 aromatic heterocycles. The van der Waals surface area contributed by atoms with Crippen molar-refractivity contribution in [2.24, 2.45) is 0 Å². The topological polar surface area (TPSA) is 260 Å². The molecule has 5 N–H and O–H groups in total. The van der Waals surface area contributed by atoms with Gasteiger partial charge in [-0.2, -0.15) is 0 Å². The number of pyridine rings is 4. The minimum Gasteiger partial charge on any atom is -0.505 e. The molecule has 6 heterocycles. The Hall–Kier alpha value is -9.24. The molecule has 19 nitrogen and oxygen atoms in total. The smallest absolute Gasteiger partial charge is 0.373 e. The highest BCUT2D eigenvalue weighted by Gasteiger charge is 2.33. The van der Waals surface area contributed by atoms with E-state index in [1.54, 1.807) is 31.2 Å². The van der Waals surface area contributed by atoms with Gasteiger partial charge < -0.3 is 44.9 Å². The number of hydrogen-bond donors (Lipinski definition) is 5. The van der Waals surface area contributed by atoms with Crippen LogP contribution in [0.1, 0.15) is 55.5 Å². The number of benzene rings is 3. The van der Waals surface area contributed by atoms with Crippen LogP contribution in [-0.4, -0.2) is 85.0 Å². The van der Waals surface area contributed by atoms with Crippen molar-refractivity contribution in [2.75, 3.05) is 26.8 Å². The number of aliphatic hydroxyl groups is 1. The molecule has 0 atom stereocenters. The monoisotopic (exact) mass is 970 g/mol. The number of likely N-dealkylation sites (N-methyl/N-ethyl adjacent to an activating group) is 1. The van der Waals surface area contributed by atoms with Gasteiger partial charge in [0.05, 0.1) is 25.6 Å². The number of hydrogen-bond acceptors (Lipinski definition) is 14. The number of halogens is 2. The van der Waals surface area contributed by atoms with Gasteiger partial charge in [-0.05, 0) is 47.9 Å². The maximum Gasteiger partial charge on any atom is 0.373 e. The van der Waals surface area contributed by atoms with Crippen molar-refractivity contribution >= 4 is 58.2 Å². The number of esters is 1. The fourth-order valence-electron chi connectivity index (χ4n) is 7.63. The summed E-state index contributed by atoms with van der Waals surface area (Å²) in [5.41, 5.74) is 0.598. The van der Waals surface area contributed by atoms with Crippen molar-refractivity contribution in [3.05, 3.63) is 174 Å². The van der Waals surface area contributed by atoms with Crippen molar-refractivity contribution in [1.82, 2.24) is 29.7 Å². The second-order valence-corrected chi connectivity index (χ2v) is 15.6. The Bertz CT molecular complexity index is 3470. The van der Waals surface area contributed by atoms with E-state index in [0.717, 1.165) is 27.1 Å². The lowest BCUT2D eigenvalue weighted by Crippen LogP contribution is -2.35. The molecule has 2 amide bonds. The molecule has 0 radical (unpaired) electrons. The lowest BCUT2D eigenvalue weighted by Gasteiger charge is -2.23. The molecular formula is C50H40F2N6O13. The number of aromatic nitrogens is 4. The van der Waals surface area contributed by atoms with Gasteiger partial charge in [0.1, 0.15) is 45.9 Å². The minimum absolute atomic E-state index is 0.00302. The highest BCUT2D eigenvalue weighted by molar-refractivity contribution is 6.05. The Morgan fingerprint density at radius 1 is 0.718 bits per heavy atom. The molecule has 2 aliphatic heterocycles. The van der Waals surface area contributed by atoms with E-state index in [0.29, 0.717) is 22.3 Å². The van der Waals surface area contributed by atoms with E-state index < -0.39 is 69.1 Å². The van der Waals surface area contributed by atoms with Crippen LogP contribution in [0, 0.1) is 11.6 Å². The highest BCUT2D eigenvalue weighted by atomic mass is 19.1. The van der Waals surface area contributed by atoms with Crippen LogP contribution in [0.4, 0.5) is 8.78 Å². The van der Waals surface area contributed by atoms with Crippen molar-refractivity contribution in [3.8, 4) is 23.0 Å². The molecule has 0 unspecified atom stereocenters. The third-order valence-electron chi connectivity index (χ3n) is 10.9. The summed E-state index contributed by atoms with van der Waals surface area (Å²) < 4.78 is 51.4. The van der Waals surface area contributed by atoms with E-state index in [9.17, 15) is 47.8 Å². The Labute approximate surface area is 399 Å². The molecule has 362 valence electrons. The number of nitrogens with one attached hydrogen (secondary N) is 2. The van der Waals surface area contributed by atoms with Gasteiger partial charge in [0.25, 0.3) is 22.9 Å². The van der Waals surface area contributed by atoms with E-state index in [-0.39, 0.29) is 84.3 Å². The fourth-order valence-corrected chi connectivity index (χ4v) is 7.63. The first-order chi connectivity index (χ1) is 34.2. The number of carbonyl (C=O) groups is 4. The van der Waals surface area contributed by atoms with Crippen LogP contribution >= 0.6 is 0 Å². The molecule has 71 heavy (non-hydrogen) atoms. The molecular weight excluding hydrogens is 931 g/mol. The summed E-state index contributed by atoms with van der Waals surface area (Å²) in [4.78, 5) is 85.1. The largest absolute Gasteiger partial charge is 0.505 e. The number of ether oxygens (including phenoxy) is 4. The number of carboxylic acids is 1. The molecule has 7 aromatic rings. The van der Waals surface area contributed by atoms with Gasteiger partial charge in [-0.1, -0.05) is 54.6 Å². The number of aromatic hydroxyl groups is 1. The summed E-state index contributed by atoms with van der Waals surface area (Å²) in [6.45, 7) is 1.13. The number of nitrogens with zero attached hydrogens (tertiary/aromatic N) is 4. The Morgan fingerprint density at radius 2 is 1.25 bits per heavy atom. The third-order valence-corrected chi connectivity index (χ3v) is 10.9. The van der Waals surface area contributed by atoms with Crippen LogP contribution < -0.4 is 36.0 Å². The number of rotatable bonds is 14. The lowest BCUT2D eigenvalue weighted by molar-refractivity contribution is -0.135. The van der Waals surface area contributed by atoms with Gasteiger partial charge in [-0.15, -0.1) is 0 Å². The van der Waals surface area contributed by atoms with Gasteiger partial charge in [-0.3, -0.25) is 38.3 Å².